The number of morpholine rings is 1. The summed E-state index contributed by atoms with van der Waals surface area (Å²) in [7, 11) is -3.19. The van der Waals surface area contributed by atoms with Crippen molar-refractivity contribution >= 4 is 27.2 Å². The van der Waals surface area contributed by atoms with E-state index in [4.69, 9.17) is 9.47 Å². The first-order valence-electron chi connectivity index (χ1n) is 7.91. The minimum absolute atomic E-state index is 0.155. The number of rotatable bonds is 3. The third kappa shape index (κ3) is 4.08. The van der Waals surface area contributed by atoms with Crippen LogP contribution in [0.15, 0.2) is 16.3 Å². The van der Waals surface area contributed by atoms with Gasteiger partial charge in [0.2, 0.25) is 0 Å². The summed E-state index contributed by atoms with van der Waals surface area (Å²) in [6.45, 7) is 3.18. The number of nitrogens with zero attached hydrogens (tertiary/aromatic N) is 1. The molecule has 3 heterocycles. The SMILES string of the molecule is CS(=O)(=O)c1ccc(CNC(=O)N2CCOC3(CCCOC3)C2)s1. The Morgan fingerprint density at radius 2 is 2.25 bits per heavy atom. The molecule has 2 aliphatic heterocycles. The highest BCUT2D eigenvalue weighted by Gasteiger charge is 2.40. The molecule has 1 atom stereocenters. The molecule has 1 spiro atoms. The van der Waals surface area contributed by atoms with Gasteiger partial charge in [-0.3, -0.25) is 0 Å². The van der Waals surface area contributed by atoms with Gasteiger partial charge < -0.3 is 19.7 Å². The molecule has 9 heteroatoms. The Hall–Kier alpha value is -1.16. The van der Waals surface area contributed by atoms with Crippen molar-refractivity contribution in [3.63, 3.8) is 0 Å². The molecule has 2 fully saturated rings. The third-order valence-corrected chi connectivity index (χ3v) is 7.14. The van der Waals surface area contributed by atoms with Gasteiger partial charge in [-0.1, -0.05) is 0 Å². The molecule has 134 valence electrons. The molecule has 1 aromatic rings. The van der Waals surface area contributed by atoms with Crippen molar-refractivity contribution in [1.82, 2.24) is 10.2 Å². The lowest BCUT2D eigenvalue weighted by Crippen LogP contribution is -2.58. The second-order valence-corrected chi connectivity index (χ2v) is 9.67. The van der Waals surface area contributed by atoms with Crippen LogP contribution in [0.2, 0.25) is 0 Å². The Balaban J connectivity index is 1.56. The highest BCUT2D eigenvalue weighted by molar-refractivity contribution is 7.92. The standard InChI is InChI=1S/C15H22N2O5S2/c1-24(19,20)13-4-3-12(23-13)9-16-14(18)17-6-8-22-15(10-17)5-2-7-21-11-15/h3-4H,2,5-11H2,1H3,(H,16,18). The van der Waals surface area contributed by atoms with Gasteiger partial charge in [-0.05, 0) is 25.0 Å². The van der Waals surface area contributed by atoms with Gasteiger partial charge in [0, 0.05) is 24.3 Å². The second-order valence-electron chi connectivity index (χ2n) is 6.26. The summed E-state index contributed by atoms with van der Waals surface area (Å²) in [4.78, 5) is 15.0. The van der Waals surface area contributed by atoms with Crippen LogP contribution in [0.5, 0.6) is 0 Å². The largest absolute Gasteiger partial charge is 0.378 e. The van der Waals surface area contributed by atoms with Crippen LogP contribution >= 0.6 is 11.3 Å². The van der Waals surface area contributed by atoms with E-state index < -0.39 is 9.84 Å². The maximum absolute atomic E-state index is 12.4. The quantitative estimate of drug-likeness (QED) is 0.860. The summed E-state index contributed by atoms with van der Waals surface area (Å²) in [5.41, 5.74) is -0.375. The normalized spacial score (nSPS) is 25.0. The number of ether oxygens (including phenoxy) is 2. The zero-order chi connectivity index (χ0) is 17.2. The molecule has 2 aliphatic rings. The molecule has 0 aliphatic carbocycles. The van der Waals surface area contributed by atoms with E-state index in [1.165, 1.54) is 17.6 Å². The fraction of sp³-hybridized carbons (Fsp3) is 0.667. The first kappa shape index (κ1) is 17.7. The molecule has 3 rings (SSSR count). The zero-order valence-electron chi connectivity index (χ0n) is 13.6. The molecule has 24 heavy (non-hydrogen) atoms. The van der Waals surface area contributed by atoms with E-state index in [0.29, 0.717) is 37.1 Å². The molecular formula is C15H22N2O5S2. The molecule has 0 aromatic carbocycles. The number of carbonyl (C=O) groups excluding carboxylic acids is 1. The second kappa shape index (κ2) is 6.99. The van der Waals surface area contributed by atoms with E-state index >= 15 is 0 Å². The van der Waals surface area contributed by atoms with Crippen LogP contribution in [0.25, 0.3) is 0 Å². The van der Waals surface area contributed by atoms with Gasteiger partial charge in [-0.15, -0.1) is 11.3 Å². The molecule has 0 radical (unpaired) electrons. The predicted octanol–water partition coefficient (Wildman–Crippen LogP) is 1.24. The van der Waals surface area contributed by atoms with Gasteiger partial charge in [0.15, 0.2) is 9.84 Å². The maximum Gasteiger partial charge on any atom is 0.317 e. The molecule has 0 bridgehead atoms. The lowest BCUT2D eigenvalue weighted by Gasteiger charge is -2.44. The predicted molar refractivity (Wildman–Crippen MR) is 90.0 cm³/mol. The minimum atomic E-state index is -3.19. The van der Waals surface area contributed by atoms with Gasteiger partial charge in [0.1, 0.15) is 9.81 Å². The number of urea groups is 1. The van der Waals surface area contributed by atoms with E-state index in [1.54, 1.807) is 17.0 Å². The monoisotopic (exact) mass is 374 g/mol. The van der Waals surface area contributed by atoms with Crippen LogP contribution in [0, 0.1) is 0 Å². The zero-order valence-corrected chi connectivity index (χ0v) is 15.2. The molecule has 1 unspecified atom stereocenters. The molecule has 2 amide bonds. The van der Waals surface area contributed by atoms with Crippen LogP contribution < -0.4 is 5.32 Å². The first-order chi connectivity index (χ1) is 11.4. The van der Waals surface area contributed by atoms with Crippen molar-refractivity contribution in [2.24, 2.45) is 0 Å². The average Bonchev–Trinajstić information content (AvgIpc) is 3.02. The van der Waals surface area contributed by atoms with Gasteiger partial charge in [-0.2, -0.15) is 0 Å². The molecule has 1 N–H and O–H groups in total. The summed E-state index contributed by atoms with van der Waals surface area (Å²) in [6, 6.07) is 3.15. The van der Waals surface area contributed by atoms with Crippen molar-refractivity contribution in [3.8, 4) is 0 Å². The van der Waals surface area contributed by atoms with E-state index in [9.17, 15) is 13.2 Å². The number of carbonyl (C=O) groups is 1. The molecule has 2 saturated heterocycles. The van der Waals surface area contributed by atoms with Gasteiger partial charge in [0.05, 0.1) is 26.3 Å². The Morgan fingerprint density at radius 1 is 1.42 bits per heavy atom. The van der Waals surface area contributed by atoms with Crippen molar-refractivity contribution in [2.45, 2.75) is 29.2 Å². The summed E-state index contributed by atoms with van der Waals surface area (Å²) in [6.07, 6.45) is 3.03. The summed E-state index contributed by atoms with van der Waals surface area (Å²) >= 11 is 1.18. The topological polar surface area (TPSA) is 84.9 Å². The lowest BCUT2D eigenvalue weighted by molar-refractivity contribution is -0.160. The smallest absolute Gasteiger partial charge is 0.317 e. The number of thiophene rings is 1. The number of sulfone groups is 1. The van der Waals surface area contributed by atoms with Crippen LogP contribution in [-0.4, -0.2) is 64.1 Å². The number of amides is 2. The fourth-order valence-corrected chi connectivity index (χ4v) is 4.93. The molecule has 0 saturated carbocycles. The Kier molecular flexibility index (Phi) is 5.14. The molecular weight excluding hydrogens is 352 g/mol. The summed E-state index contributed by atoms with van der Waals surface area (Å²) in [5, 5.41) is 2.86. The highest BCUT2D eigenvalue weighted by Crippen LogP contribution is 2.27. The maximum atomic E-state index is 12.4. The van der Waals surface area contributed by atoms with E-state index in [1.807, 2.05) is 0 Å². The van der Waals surface area contributed by atoms with E-state index in [0.717, 1.165) is 24.3 Å². The number of nitrogens with one attached hydrogen (secondary N) is 1. The minimum Gasteiger partial charge on any atom is -0.378 e. The van der Waals surface area contributed by atoms with Crippen molar-refractivity contribution in [1.29, 1.82) is 0 Å². The Labute approximate surface area is 145 Å². The van der Waals surface area contributed by atoms with Crippen LogP contribution in [0.3, 0.4) is 0 Å². The van der Waals surface area contributed by atoms with Gasteiger partial charge in [0.25, 0.3) is 0 Å². The Morgan fingerprint density at radius 3 is 2.92 bits per heavy atom. The first-order valence-corrected chi connectivity index (χ1v) is 10.6. The van der Waals surface area contributed by atoms with Crippen molar-refractivity contribution in [3.05, 3.63) is 17.0 Å². The van der Waals surface area contributed by atoms with Gasteiger partial charge in [-0.25, -0.2) is 13.2 Å². The molecule has 7 nitrogen and oxygen atoms in total. The Bertz CT molecular complexity index is 689. The lowest BCUT2D eigenvalue weighted by atomic mass is 9.94. The van der Waals surface area contributed by atoms with Crippen molar-refractivity contribution < 1.29 is 22.7 Å². The number of hydrogen-bond donors (Lipinski definition) is 1. The summed E-state index contributed by atoms with van der Waals surface area (Å²) < 4.78 is 34.7. The summed E-state index contributed by atoms with van der Waals surface area (Å²) in [5.74, 6) is 0. The third-order valence-electron chi connectivity index (χ3n) is 4.24. The fourth-order valence-electron chi connectivity index (χ4n) is 3.01. The van der Waals surface area contributed by atoms with Gasteiger partial charge >= 0.3 is 6.03 Å². The van der Waals surface area contributed by atoms with E-state index in [2.05, 4.69) is 5.32 Å². The van der Waals surface area contributed by atoms with Crippen LogP contribution in [0.4, 0.5) is 4.79 Å². The number of hydrogen-bond acceptors (Lipinski definition) is 6. The molecule has 1 aromatic heterocycles. The van der Waals surface area contributed by atoms with E-state index in [-0.39, 0.29) is 11.6 Å². The average molecular weight is 374 g/mol. The van der Waals surface area contributed by atoms with Crippen molar-refractivity contribution in [2.75, 3.05) is 39.2 Å². The highest BCUT2D eigenvalue weighted by atomic mass is 32.2. The van der Waals surface area contributed by atoms with Crippen LogP contribution in [-0.2, 0) is 25.9 Å². The van der Waals surface area contributed by atoms with Crippen LogP contribution in [0.1, 0.15) is 17.7 Å².